The predicted octanol–water partition coefficient (Wildman–Crippen LogP) is 3.29. The van der Waals surface area contributed by atoms with Crippen LogP contribution >= 0.6 is 0 Å². The molecule has 0 unspecified atom stereocenters. The van der Waals surface area contributed by atoms with Crippen molar-refractivity contribution in [2.75, 3.05) is 23.9 Å². The van der Waals surface area contributed by atoms with Gasteiger partial charge in [-0.2, -0.15) is 0 Å². The van der Waals surface area contributed by atoms with Gasteiger partial charge in [0.15, 0.2) is 0 Å². The van der Waals surface area contributed by atoms with Gasteiger partial charge in [0.1, 0.15) is 39.2 Å². The smallest absolute Gasteiger partial charge is 0.223 e. The number of benzene rings is 1. The summed E-state index contributed by atoms with van der Waals surface area (Å²) >= 11 is 0. The molecule has 11 heteroatoms. The van der Waals surface area contributed by atoms with Crippen LogP contribution < -0.4 is 15.4 Å². The number of rotatable bonds is 9. The molecule has 0 aliphatic heterocycles. The summed E-state index contributed by atoms with van der Waals surface area (Å²) in [6.45, 7) is 4.07. The average molecular weight is 518 g/mol. The van der Waals surface area contributed by atoms with E-state index in [0.29, 0.717) is 49.5 Å². The maximum Gasteiger partial charge on any atom is 0.223 e. The van der Waals surface area contributed by atoms with Crippen molar-refractivity contribution in [1.29, 1.82) is 0 Å². The molecule has 194 valence electrons. The van der Waals surface area contributed by atoms with Gasteiger partial charge in [-0.1, -0.05) is 0 Å². The predicted molar refractivity (Wildman–Crippen MR) is 137 cm³/mol. The second kappa shape index (κ2) is 10.4. The van der Waals surface area contributed by atoms with E-state index in [9.17, 15) is 17.6 Å². The van der Waals surface area contributed by atoms with Crippen LogP contribution in [0.15, 0.2) is 24.5 Å². The minimum atomic E-state index is -3.06. The molecule has 2 N–H and O–H groups in total. The highest BCUT2D eigenvalue weighted by atomic mass is 32.2. The molecule has 1 aliphatic rings. The molecule has 9 nitrogen and oxygen atoms in total. The van der Waals surface area contributed by atoms with Gasteiger partial charge in [0.2, 0.25) is 5.91 Å². The van der Waals surface area contributed by atoms with Gasteiger partial charge in [-0.3, -0.25) is 4.79 Å². The lowest BCUT2D eigenvalue weighted by molar-refractivity contribution is -0.125. The molecule has 0 saturated heterocycles. The maximum atomic E-state index is 13.9. The number of fused-ring (bicyclic) bond motifs is 3. The summed E-state index contributed by atoms with van der Waals surface area (Å²) < 4.78 is 44.4. The van der Waals surface area contributed by atoms with E-state index in [1.807, 2.05) is 25.5 Å². The Morgan fingerprint density at radius 3 is 2.81 bits per heavy atom. The second-order valence-corrected chi connectivity index (χ2v) is 11.8. The monoisotopic (exact) mass is 517 g/mol. The highest BCUT2D eigenvalue weighted by molar-refractivity contribution is 7.90. The third kappa shape index (κ3) is 5.77. The number of carbonyl (C=O) groups excluding carboxylic acids is 1. The van der Waals surface area contributed by atoms with Crippen LogP contribution in [0.2, 0.25) is 0 Å². The Kier molecular flexibility index (Phi) is 7.49. The van der Waals surface area contributed by atoms with E-state index >= 15 is 0 Å². The van der Waals surface area contributed by atoms with Crippen molar-refractivity contribution >= 4 is 38.3 Å². The van der Waals surface area contributed by atoms with E-state index in [1.165, 1.54) is 24.7 Å². The van der Waals surface area contributed by atoms with Crippen molar-refractivity contribution in [2.24, 2.45) is 13.0 Å². The molecular weight excluding hydrogens is 485 g/mol. The van der Waals surface area contributed by atoms with Crippen LogP contribution in [0.3, 0.4) is 0 Å². The first kappa shape index (κ1) is 25.9. The number of ether oxygens (including phenoxy) is 1. The maximum absolute atomic E-state index is 13.9. The zero-order valence-corrected chi connectivity index (χ0v) is 21.8. The summed E-state index contributed by atoms with van der Waals surface area (Å²) in [5.74, 6) is 0.276. The first-order chi connectivity index (χ1) is 17.0. The fourth-order valence-electron chi connectivity index (χ4n) is 4.67. The molecule has 0 fully saturated rings. The Bertz CT molecular complexity index is 1390. The van der Waals surface area contributed by atoms with Gasteiger partial charge in [-0.25, -0.2) is 22.8 Å². The molecule has 3 aromatic rings. The van der Waals surface area contributed by atoms with E-state index in [0.717, 1.165) is 22.3 Å². The zero-order valence-electron chi connectivity index (χ0n) is 21.0. The van der Waals surface area contributed by atoms with E-state index in [1.54, 1.807) is 6.07 Å². The van der Waals surface area contributed by atoms with Gasteiger partial charge in [0.05, 0.1) is 22.9 Å². The Labute approximate surface area is 210 Å². The normalized spacial score (nSPS) is 15.7. The van der Waals surface area contributed by atoms with Crippen molar-refractivity contribution in [3.8, 4) is 5.75 Å². The number of hydrogen-bond acceptors (Lipinski definition) is 7. The highest BCUT2D eigenvalue weighted by Crippen LogP contribution is 2.38. The van der Waals surface area contributed by atoms with Crippen molar-refractivity contribution in [3.05, 3.63) is 41.6 Å². The summed E-state index contributed by atoms with van der Waals surface area (Å²) in [6.07, 6.45) is 4.84. The quantitative estimate of drug-likeness (QED) is 0.419. The number of halogens is 1. The van der Waals surface area contributed by atoms with Crippen LogP contribution in [-0.4, -0.2) is 53.5 Å². The number of nitrogens with zero attached hydrogens (tertiary/aromatic N) is 3. The molecule has 0 radical (unpaired) electrons. The Morgan fingerprint density at radius 2 is 2.08 bits per heavy atom. The minimum absolute atomic E-state index is 0.0453. The molecule has 1 aromatic carbocycles. The summed E-state index contributed by atoms with van der Waals surface area (Å²) in [6, 6.07) is 4.31. The largest absolute Gasteiger partial charge is 0.489 e. The zero-order chi connectivity index (χ0) is 26.0. The first-order valence-electron chi connectivity index (χ1n) is 12.0. The van der Waals surface area contributed by atoms with Crippen LogP contribution in [-0.2, 0) is 34.5 Å². The molecule has 0 spiro atoms. The molecule has 0 saturated carbocycles. The molecule has 4 rings (SSSR count). The number of nitrogens with one attached hydrogen (secondary N) is 2. The van der Waals surface area contributed by atoms with Gasteiger partial charge >= 0.3 is 0 Å². The summed E-state index contributed by atoms with van der Waals surface area (Å²) in [7, 11) is -1.10. The molecule has 0 bridgehead atoms. The number of carbonyl (C=O) groups is 1. The molecular formula is C25H32FN5O4S. The molecule has 1 amide bonds. The Balaban J connectivity index is 1.61. The highest BCUT2D eigenvalue weighted by Gasteiger charge is 2.30. The average Bonchev–Trinajstić information content (AvgIpc) is 3.10. The molecule has 2 heterocycles. The molecule has 1 aliphatic carbocycles. The van der Waals surface area contributed by atoms with Crippen LogP contribution in [0.4, 0.5) is 15.9 Å². The fraction of sp³-hybridized carbons (Fsp3) is 0.480. The minimum Gasteiger partial charge on any atom is -0.489 e. The SMILES string of the molecule is CC(C)Oc1cc(F)ccc1Nc1ncnc2c1c1c(n2C)CC[C@H](C(=O)NCCCS(C)(=O)=O)C1. The van der Waals surface area contributed by atoms with Crippen molar-refractivity contribution in [1.82, 2.24) is 19.9 Å². The van der Waals surface area contributed by atoms with Crippen molar-refractivity contribution < 1.29 is 22.3 Å². The number of aromatic nitrogens is 3. The number of anilines is 2. The van der Waals surface area contributed by atoms with Gasteiger partial charge in [-0.05, 0) is 57.2 Å². The van der Waals surface area contributed by atoms with E-state index in [2.05, 4.69) is 20.6 Å². The molecule has 1 atom stereocenters. The van der Waals surface area contributed by atoms with E-state index in [4.69, 9.17) is 4.74 Å². The van der Waals surface area contributed by atoms with Crippen LogP contribution in [0, 0.1) is 11.7 Å². The Hall–Kier alpha value is -3.21. The van der Waals surface area contributed by atoms with Crippen molar-refractivity contribution in [3.63, 3.8) is 0 Å². The lowest BCUT2D eigenvalue weighted by Crippen LogP contribution is -2.35. The number of amides is 1. The summed E-state index contributed by atoms with van der Waals surface area (Å²) in [5, 5.41) is 7.01. The summed E-state index contributed by atoms with van der Waals surface area (Å²) in [5.41, 5.74) is 3.44. The summed E-state index contributed by atoms with van der Waals surface area (Å²) in [4.78, 5) is 21.8. The standard InChI is InChI=1S/C25H32FN5O4S/c1-15(2)35-21-13-17(26)7-8-19(21)30-23-22-18-12-16(25(32)27-10-5-11-36(4,33)34)6-9-20(18)31(3)24(22)29-14-28-23/h7-8,13-16H,5-6,9-12H2,1-4H3,(H,27,32)(H,28,29,30)/t16-/m0/s1. The van der Waals surface area contributed by atoms with Gasteiger partial charge in [0.25, 0.3) is 0 Å². The van der Waals surface area contributed by atoms with Gasteiger partial charge in [0, 0.05) is 37.5 Å². The van der Waals surface area contributed by atoms with Crippen LogP contribution in [0.5, 0.6) is 5.75 Å². The van der Waals surface area contributed by atoms with Crippen LogP contribution in [0.1, 0.15) is 37.9 Å². The third-order valence-corrected chi connectivity index (χ3v) is 7.33. The van der Waals surface area contributed by atoms with Gasteiger partial charge < -0.3 is 19.9 Å². The topological polar surface area (TPSA) is 115 Å². The lowest BCUT2D eigenvalue weighted by atomic mass is 9.86. The number of hydrogen-bond donors (Lipinski definition) is 2. The van der Waals surface area contributed by atoms with Gasteiger partial charge in [-0.15, -0.1) is 0 Å². The van der Waals surface area contributed by atoms with E-state index < -0.39 is 15.7 Å². The third-order valence-electron chi connectivity index (χ3n) is 6.30. The number of sulfone groups is 1. The van der Waals surface area contributed by atoms with Crippen LogP contribution in [0.25, 0.3) is 11.0 Å². The second-order valence-electron chi connectivity index (χ2n) is 9.55. The number of aryl methyl sites for hydroxylation is 1. The fourth-order valence-corrected chi connectivity index (χ4v) is 5.34. The van der Waals surface area contributed by atoms with E-state index in [-0.39, 0.29) is 23.7 Å². The lowest BCUT2D eigenvalue weighted by Gasteiger charge is -2.23. The first-order valence-corrected chi connectivity index (χ1v) is 14.1. The van der Waals surface area contributed by atoms with Crippen molar-refractivity contribution in [2.45, 2.75) is 45.6 Å². The molecule has 2 aromatic heterocycles. The molecule has 36 heavy (non-hydrogen) atoms. The Morgan fingerprint density at radius 1 is 1.31 bits per heavy atom.